The average molecular weight is 536 g/mol. The number of amides is 2. The zero-order valence-electron chi connectivity index (χ0n) is 21.1. The van der Waals surface area contributed by atoms with Crippen molar-refractivity contribution in [1.29, 1.82) is 5.41 Å². The first-order valence-electron chi connectivity index (χ1n) is 12.8. The maximum absolute atomic E-state index is 13.6. The number of carbonyl (C=O) groups is 3. The van der Waals surface area contributed by atoms with Crippen LogP contribution in [0.3, 0.4) is 0 Å². The van der Waals surface area contributed by atoms with E-state index in [1.807, 2.05) is 12.1 Å². The first-order valence-corrected chi connectivity index (χ1v) is 13.2. The summed E-state index contributed by atoms with van der Waals surface area (Å²) < 4.78 is 5.28. The Morgan fingerprint density at radius 3 is 2.53 bits per heavy atom. The van der Waals surface area contributed by atoms with Crippen molar-refractivity contribution in [2.24, 2.45) is 5.92 Å². The summed E-state index contributed by atoms with van der Waals surface area (Å²) in [5, 5.41) is 21.5. The van der Waals surface area contributed by atoms with Crippen molar-refractivity contribution >= 4 is 40.8 Å². The molecule has 1 aliphatic heterocycles. The lowest BCUT2D eigenvalue weighted by Gasteiger charge is -2.38. The summed E-state index contributed by atoms with van der Waals surface area (Å²) >= 11 is 6.47. The SMILES string of the molecule is COC1CN(C(=O)c2ccc(C(=N)C3=CCC(C(=O)O)CC3)c(NC(=O)c3c(Cl)cccc3C3CC3)c2)C1. The molecule has 3 N–H and O–H groups in total. The van der Waals surface area contributed by atoms with E-state index in [0.717, 1.165) is 24.0 Å². The van der Waals surface area contributed by atoms with Crippen molar-refractivity contribution in [3.8, 4) is 0 Å². The van der Waals surface area contributed by atoms with Gasteiger partial charge in [0.2, 0.25) is 0 Å². The Hall–Kier alpha value is -3.49. The molecule has 1 saturated carbocycles. The van der Waals surface area contributed by atoms with Crippen molar-refractivity contribution < 1.29 is 24.2 Å². The number of halogens is 1. The number of hydrogen-bond acceptors (Lipinski definition) is 5. The van der Waals surface area contributed by atoms with E-state index in [1.165, 1.54) is 0 Å². The van der Waals surface area contributed by atoms with Crippen LogP contribution in [0.4, 0.5) is 5.69 Å². The molecule has 38 heavy (non-hydrogen) atoms. The van der Waals surface area contributed by atoms with Crippen LogP contribution in [0.25, 0.3) is 0 Å². The van der Waals surface area contributed by atoms with Gasteiger partial charge < -0.3 is 20.1 Å². The zero-order chi connectivity index (χ0) is 27.0. The van der Waals surface area contributed by atoms with E-state index in [2.05, 4.69) is 5.32 Å². The topological polar surface area (TPSA) is 120 Å². The second-order valence-electron chi connectivity index (χ2n) is 10.2. The minimum atomic E-state index is -0.837. The Balaban J connectivity index is 1.47. The minimum Gasteiger partial charge on any atom is -0.481 e. The van der Waals surface area contributed by atoms with E-state index in [1.54, 1.807) is 42.4 Å². The van der Waals surface area contributed by atoms with Crippen LogP contribution in [0.1, 0.15) is 69.9 Å². The lowest BCUT2D eigenvalue weighted by molar-refractivity contribution is -0.141. The standard InChI is InChI=1S/C29H30ClN3O5/c1-38-20-14-33(15-20)28(35)19-11-12-22(26(31)17-7-9-18(10-8-17)29(36)37)24(13-19)32-27(34)25-21(16-5-6-16)3-2-4-23(25)30/h2-4,7,11-13,16,18,20,31H,5-6,8-10,14-15H2,1H3,(H,32,34)(H,36,37). The van der Waals surface area contributed by atoms with Crippen LogP contribution in [-0.4, -0.2) is 59.8 Å². The Bertz CT molecular complexity index is 1340. The molecule has 2 fully saturated rings. The molecule has 5 rings (SSSR count). The van der Waals surface area contributed by atoms with Crippen molar-refractivity contribution in [2.75, 3.05) is 25.5 Å². The quantitative estimate of drug-likeness (QED) is 0.405. The molecule has 0 spiro atoms. The second-order valence-corrected chi connectivity index (χ2v) is 10.6. The molecule has 198 valence electrons. The summed E-state index contributed by atoms with van der Waals surface area (Å²) in [4.78, 5) is 39.7. The fraction of sp³-hybridized carbons (Fsp3) is 0.379. The highest BCUT2D eigenvalue weighted by Crippen LogP contribution is 2.43. The minimum absolute atomic E-state index is 0.0134. The number of aliphatic carboxylic acids is 1. The molecule has 1 heterocycles. The van der Waals surface area contributed by atoms with E-state index in [0.29, 0.717) is 65.7 Å². The Morgan fingerprint density at radius 1 is 1.13 bits per heavy atom. The third-order valence-corrected chi connectivity index (χ3v) is 7.94. The number of ether oxygens (including phenoxy) is 1. The van der Waals surface area contributed by atoms with E-state index in [4.69, 9.17) is 21.7 Å². The van der Waals surface area contributed by atoms with Gasteiger partial charge in [0.25, 0.3) is 11.8 Å². The fourth-order valence-corrected chi connectivity index (χ4v) is 5.36. The van der Waals surface area contributed by atoms with Crippen molar-refractivity contribution in [2.45, 2.75) is 44.1 Å². The molecule has 2 amide bonds. The van der Waals surface area contributed by atoms with Gasteiger partial charge in [-0.3, -0.25) is 19.8 Å². The number of carboxylic acid groups (broad SMARTS) is 1. The molecule has 0 bridgehead atoms. The molecule has 2 aromatic carbocycles. The lowest BCUT2D eigenvalue weighted by atomic mass is 9.85. The van der Waals surface area contributed by atoms with Gasteiger partial charge in [0.05, 0.1) is 34.0 Å². The predicted octanol–water partition coefficient (Wildman–Crippen LogP) is 5.12. The molecular formula is C29H30ClN3O5. The zero-order valence-corrected chi connectivity index (χ0v) is 21.9. The van der Waals surface area contributed by atoms with Crippen LogP contribution >= 0.6 is 11.6 Å². The van der Waals surface area contributed by atoms with E-state index < -0.39 is 11.9 Å². The molecule has 0 aromatic heterocycles. The normalized spacial score (nSPS) is 19.4. The first-order chi connectivity index (χ1) is 18.3. The van der Waals surface area contributed by atoms with Crippen LogP contribution in [0.2, 0.25) is 5.02 Å². The molecule has 9 heteroatoms. The first kappa shape index (κ1) is 26.1. The monoisotopic (exact) mass is 535 g/mol. The highest BCUT2D eigenvalue weighted by atomic mass is 35.5. The summed E-state index contributed by atoms with van der Waals surface area (Å²) in [7, 11) is 1.61. The Kier molecular flexibility index (Phi) is 7.36. The van der Waals surface area contributed by atoms with Gasteiger partial charge in [-0.1, -0.05) is 29.8 Å². The van der Waals surface area contributed by atoms with Gasteiger partial charge in [0.1, 0.15) is 0 Å². The summed E-state index contributed by atoms with van der Waals surface area (Å²) in [6, 6.07) is 10.4. The number of nitrogens with zero attached hydrogens (tertiary/aromatic N) is 1. The number of methoxy groups -OCH3 is 1. The van der Waals surface area contributed by atoms with Crippen LogP contribution in [0, 0.1) is 11.3 Å². The van der Waals surface area contributed by atoms with Gasteiger partial charge in [-0.2, -0.15) is 0 Å². The van der Waals surface area contributed by atoms with Crippen molar-refractivity contribution in [3.63, 3.8) is 0 Å². The number of hydrogen-bond donors (Lipinski definition) is 3. The Labute approximate surface area is 226 Å². The van der Waals surface area contributed by atoms with Crippen molar-refractivity contribution in [3.05, 3.63) is 75.3 Å². The Morgan fingerprint density at radius 2 is 1.89 bits per heavy atom. The van der Waals surface area contributed by atoms with E-state index in [-0.39, 0.29) is 23.6 Å². The summed E-state index contributed by atoms with van der Waals surface area (Å²) in [5.41, 5.74) is 3.45. The average Bonchev–Trinajstić information content (AvgIpc) is 3.73. The second kappa shape index (κ2) is 10.7. The third-order valence-electron chi connectivity index (χ3n) is 7.62. The molecule has 2 aromatic rings. The third kappa shape index (κ3) is 5.24. The van der Waals surface area contributed by atoms with Crippen LogP contribution in [0.15, 0.2) is 48.0 Å². The summed E-state index contributed by atoms with van der Waals surface area (Å²) in [6.45, 7) is 0.993. The fourth-order valence-electron chi connectivity index (χ4n) is 5.09. The lowest BCUT2D eigenvalue weighted by Crippen LogP contribution is -2.54. The number of likely N-dealkylation sites (tertiary alicyclic amines) is 1. The molecule has 1 unspecified atom stereocenters. The molecule has 1 atom stereocenters. The van der Waals surface area contributed by atoms with E-state index >= 15 is 0 Å². The van der Waals surface area contributed by atoms with Gasteiger partial charge in [-0.05, 0) is 73.4 Å². The van der Waals surface area contributed by atoms with Gasteiger partial charge >= 0.3 is 5.97 Å². The maximum Gasteiger partial charge on any atom is 0.306 e. The number of carboxylic acids is 1. The number of allylic oxidation sites excluding steroid dienone is 2. The molecule has 3 aliphatic rings. The number of rotatable bonds is 8. The van der Waals surface area contributed by atoms with Gasteiger partial charge in [-0.25, -0.2) is 0 Å². The summed E-state index contributed by atoms with van der Waals surface area (Å²) in [5.74, 6) is -1.56. The molecule has 8 nitrogen and oxygen atoms in total. The van der Waals surface area contributed by atoms with Crippen LogP contribution in [0.5, 0.6) is 0 Å². The van der Waals surface area contributed by atoms with Crippen LogP contribution < -0.4 is 5.32 Å². The summed E-state index contributed by atoms with van der Waals surface area (Å²) in [6.07, 6.45) is 5.06. The van der Waals surface area contributed by atoms with Crippen LogP contribution in [-0.2, 0) is 9.53 Å². The number of nitrogens with one attached hydrogen (secondary N) is 2. The highest BCUT2D eigenvalue weighted by Gasteiger charge is 2.33. The van der Waals surface area contributed by atoms with Gasteiger partial charge in [0, 0.05) is 31.3 Å². The number of anilines is 1. The molecule has 1 saturated heterocycles. The number of carbonyl (C=O) groups excluding carboxylic acids is 2. The molecule has 2 aliphatic carbocycles. The molecular weight excluding hydrogens is 506 g/mol. The highest BCUT2D eigenvalue weighted by molar-refractivity contribution is 6.35. The number of benzene rings is 2. The molecule has 0 radical (unpaired) electrons. The van der Waals surface area contributed by atoms with E-state index in [9.17, 15) is 19.5 Å². The maximum atomic E-state index is 13.6. The van der Waals surface area contributed by atoms with Gasteiger partial charge in [-0.15, -0.1) is 0 Å². The van der Waals surface area contributed by atoms with Gasteiger partial charge in [0.15, 0.2) is 0 Å². The van der Waals surface area contributed by atoms with Crippen molar-refractivity contribution in [1.82, 2.24) is 4.90 Å². The largest absolute Gasteiger partial charge is 0.481 e. The smallest absolute Gasteiger partial charge is 0.306 e. The predicted molar refractivity (Wildman–Crippen MR) is 144 cm³/mol.